The number of aliphatic hydroxyl groups excluding tert-OH is 1. The van der Waals surface area contributed by atoms with Gasteiger partial charge in [0.25, 0.3) is 0 Å². The van der Waals surface area contributed by atoms with Crippen LogP contribution in [0.5, 0.6) is 0 Å². The third kappa shape index (κ3) is 4.39. The fourth-order valence-electron chi connectivity index (χ4n) is 4.20. The van der Waals surface area contributed by atoms with Crippen molar-refractivity contribution >= 4 is 11.3 Å². The molecule has 0 unspecified atom stereocenters. The summed E-state index contributed by atoms with van der Waals surface area (Å²) >= 11 is 1.77. The molecule has 0 saturated carbocycles. The maximum Gasteiger partial charge on any atom is 0.0629 e. The molecule has 2 atom stereocenters. The second kappa shape index (κ2) is 9.86. The molecule has 0 saturated heterocycles. The van der Waals surface area contributed by atoms with E-state index >= 15 is 0 Å². The number of nitrogens with zero attached hydrogens (tertiary/aromatic N) is 1. The summed E-state index contributed by atoms with van der Waals surface area (Å²) in [5, 5.41) is 12.7. The fourth-order valence-corrected chi connectivity index (χ4v) is 4.99. The number of aliphatic hydroxyl groups is 1. The van der Waals surface area contributed by atoms with Gasteiger partial charge in [-0.25, -0.2) is 0 Å². The van der Waals surface area contributed by atoms with Crippen LogP contribution in [0.2, 0.25) is 0 Å². The molecule has 0 aliphatic carbocycles. The van der Waals surface area contributed by atoms with Crippen LogP contribution in [0.3, 0.4) is 0 Å². The van der Waals surface area contributed by atoms with Gasteiger partial charge < -0.3 is 5.11 Å². The molecule has 2 nitrogen and oxygen atoms in total. The topological polar surface area (TPSA) is 23.5 Å². The Morgan fingerprint density at radius 1 is 0.700 bits per heavy atom. The normalized spacial score (nSPS) is 13.5. The Balaban J connectivity index is 1.89. The van der Waals surface area contributed by atoms with Crippen molar-refractivity contribution in [3.63, 3.8) is 0 Å². The Bertz CT molecular complexity index is 963. The zero-order valence-electron chi connectivity index (χ0n) is 17.1. The van der Waals surface area contributed by atoms with E-state index in [0.717, 1.165) is 5.56 Å². The predicted octanol–water partition coefficient (Wildman–Crippen LogP) is 6.63. The second-order valence-electron chi connectivity index (χ2n) is 7.47. The smallest absolute Gasteiger partial charge is 0.0629 e. The van der Waals surface area contributed by atoms with Crippen molar-refractivity contribution in [3.05, 3.63) is 130 Å². The monoisotopic (exact) mass is 413 g/mol. The van der Waals surface area contributed by atoms with Crippen LogP contribution in [0.25, 0.3) is 0 Å². The van der Waals surface area contributed by atoms with E-state index in [-0.39, 0.29) is 24.7 Å². The largest absolute Gasteiger partial charge is 0.394 e. The molecule has 0 spiro atoms. The van der Waals surface area contributed by atoms with Crippen LogP contribution >= 0.6 is 11.3 Å². The van der Waals surface area contributed by atoms with Gasteiger partial charge in [-0.2, -0.15) is 0 Å². The van der Waals surface area contributed by atoms with Gasteiger partial charge in [0.15, 0.2) is 0 Å². The lowest BCUT2D eigenvalue weighted by Crippen LogP contribution is -2.37. The molecule has 0 bridgehead atoms. The first-order valence-corrected chi connectivity index (χ1v) is 11.2. The van der Waals surface area contributed by atoms with Crippen LogP contribution in [0, 0.1) is 0 Å². The van der Waals surface area contributed by atoms with E-state index in [1.54, 1.807) is 11.3 Å². The van der Waals surface area contributed by atoms with Crippen molar-refractivity contribution in [2.45, 2.75) is 25.0 Å². The number of hydrogen-bond donors (Lipinski definition) is 1. The molecule has 0 aliphatic heterocycles. The van der Waals surface area contributed by atoms with Crippen LogP contribution < -0.4 is 0 Å². The Hall–Kier alpha value is -2.72. The Kier molecular flexibility index (Phi) is 6.75. The lowest BCUT2D eigenvalue weighted by Gasteiger charge is -2.42. The van der Waals surface area contributed by atoms with Crippen molar-refractivity contribution in [1.82, 2.24) is 4.90 Å². The zero-order valence-corrected chi connectivity index (χ0v) is 18.0. The number of rotatable bonds is 8. The lowest BCUT2D eigenvalue weighted by molar-refractivity contribution is 0.0617. The highest BCUT2D eigenvalue weighted by molar-refractivity contribution is 7.10. The molecule has 1 aromatic heterocycles. The Labute approximate surface area is 183 Å². The second-order valence-corrected chi connectivity index (χ2v) is 8.45. The van der Waals surface area contributed by atoms with Gasteiger partial charge in [0.05, 0.1) is 18.7 Å². The molecule has 0 fully saturated rings. The average Bonchev–Trinajstić information content (AvgIpc) is 3.36. The summed E-state index contributed by atoms with van der Waals surface area (Å²) in [4.78, 5) is 3.76. The molecular formula is C27H27NOS. The van der Waals surface area contributed by atoms with Gasteiger partial charge >= 0.3 is 0 Å². The molecular weight excluding hydrogens is 386 g/mol. The van der Waals surface area contributed by atoms with Crippen molar-refractivity contribution in [3.8, 4) is 0 Å². The number of hydrogen-bond acceptors (Lipinski definition) is 3. The SMILES string of the molecule is C[C@H](c1cccs1)N(C(c1ccccc1)c1ccccc1)[C@@H](CO)c1ccccc1. The molecule has 152 valence electrons. The molecule has 0 amide bonds. The highest BCUT2D eigenvalue weighted by atomic mass is 32.1. The zero-order chi connectivity index (χ0) is 20.8. The first kappa shape index (κ1) is 20.5. The molecule has 30 heavy (non-hydrogen) atoms. The minimum absolute atomic E-state index is 0.0156. The van der Waals surface area contributed by atoms with Crippen molar-refractivity contribution in [2.24, 2.45) is 0 Å². The molecule has 3 heteroatoms. The van der Waals surface area contributed by atoms with Gasteiger partial charge in [-0.15, -0.1) is 11.3 Å². The van der Waals surface area contributed by atoms with E-state index in [4.69, 9.17) is 0 Å². The summed E-state index contributed by atoms with van der Waals surface area (Å²) in [7, 11) is 0. The first-order valence-electron chi connectivity index (χ1n) is 10.4. The molecule has 4 rings (SSSR count). The Morgan fingerprint density at radius 3 is 1.63 bits per heavy atom. The van der Waals surface area contributed by atoms with Gasteiger partial charge in [-0.3, -0.25) is 4.90 Å². The minimum atomic E-state index is -0.131. The van der Waals surface area contributed by atoms with Crippen LogP contribution in [-0.2, 0) is 0 Å². The van der Waals surface area contributed by atoms with Crippen molar-refractivity contribution in [1.29, 1.82) is 0 Å². The summed E-state index contributed by atoms with van der Waals surface area (Å²) in [6, 6.07) is 35.9. The molecule has 1 heterocycles. The van der Waals surface area contributed by atoms with E-state index in [9.17, 15) is 5.11 Å². The number of benzene rings is 3. The maximum atomic E-state index is 10.6. The first-order chi connectivity index (χ1) is 14.8. The quantitative estimate of drug-likeness (QED) is 0.350. The fraction of sp³-hybridized carbons (Fsp3) is 0.185. The van der Waals surface area contributed by atoms with Gasteiger partial charge in [0.2, 0.25) is 0 Å². The highest BCUT2D eigenvalue weighted by Crippen LogP contribution is 2.42. The molecule has 0 radical (unpaired) electrons. The van der Waals surface area contributed by atoms with Gasteiger partial charge in [0.1, 0.15) is 0 Å². The predicted molar refractivity (Wildman–Crippen MR) is 126 cm³/mol. The van der Waals surface area contributed by atoms with Crippen LogP contribution in [0.1, 0.15) is 46.6 Å². The van der Waals surface area contributed by atoms with E-state index in [1.807, 2.05) is 18.2 Å². The minimum Gasteiger partial charge on any atom is -0.394 e. The van der Waals surface area contributed by atoms with Crippen molar-refractivity contribution < 1.29 is 5.11 Å². The van der Waals surface area contributed by atoms with Gasteiger partial charge in [-0.1, -0.05) is 97.1 Å². The molecule has 3 aromatic carbocycles. The molecule has 4 aromatic rings. The summed E-state index contributed by atoms with van der Waals surface area (Å²) in [6.07, 6.45) is 0. The Morgan fingerprint density at radius 2 is 1.20 bits per heavy atom. The third-order valence-electron chi connectivity index (χ3n) is 5.65. The number of thiophene rings is 1. The van der Waals surface area contributed by atoms with E-state index in [1.165, 1.54) is 16.0 Å². The van der Waals surface area contributed by atoms with E-state index in [0.29, 0.717) is 0 Å². The van der Waals surface area contributed by atoms with Gasteiger partial charge in [0, 0.05) is 10.9 Å². The van der Waals surface area contributed by atoms with Crippen LogP contribution in [0.4, 0.5) is 0 Å². The summed E-state index contributed by atoms with van der Waals surface area (Å²) in [5.41, 5.74) is 3.57. The standard InChI is InChI=1S/C27H27NOS/c1-21(26-18-11-19-30-26)28(25(20-29)22-12-5-2-6-13-22)27(23-14-7-3-8-15-23)24-16-9-4-10-17-24/h2-19,21,25,27,29H,20H2,1H3/t21-,25+/m1/s1. The average molecular weight is 414 g/mol. The highest BCUT2D eigenvalue weighted by Gasteiger charge is 2.34. The van der Waals surface area contributed by atoms with E-state index in [2.05, 4.69) is 102 Å². The molecule has 1 N–H and O–H groups in total. The van der Waals surface area contributed by atoms with Crippen molar-refractivity contribution in [2.75, 3.05) is 6.61 Å². The summed E-state index contributed by atoms with van der Waals surface area (Å²) < 4.78 is 0. The lowest BCUT2D eigenvalue weighted by atomic mass is 9.92. The summed E-state index contributed by atoms with van der Waals surface area (Å²) in [5.74, 6) is 0. The van der Waals surface area contributed by atoms with Crippen LogP contribution in [0.15, 0.2) is 109 Å². The third-order valence-corrected chi connectivity index (χ3v) is 6.69. The molecule has 0 aliphatic rings. The maximum absolute atomic E-state index is 10.6. The van der Waals surface area contributed by atoms with Crippen LogP contribution in [-0.4, -0.2) is 16.6 Å². The summed E-state index contributed by atoms with van der Waals surface area (Å²) in [6.45, 7) is 2.30. The van der Waals surface area contributed by atoms with E-state index < -0.39 is 0 Å². The van der Waals surface area contributed by atoms with Gasteiger partial charge in [-0.05, 0) is 35.1 Å².